The quantitative estimate of drug-likeness (QED) is 0.373. The molecule has 0 saturated carbocycles. The van der Waals surface area contributed by atoms with Gasteiger partial charge in [-0.3, -0.25) is 9.59 Å². The minimum Gasteiger partial charge on any atom is -0.480 e. The first kappa shape index (κ1) is 26.4. The number of urea groups is 1. The minimum absolute atomic E-state index is 0.0235. The highest BCUT2D eigenvalue weighted by Gasteiger charge is 2.43. The van der Waals surface area contributed by atoms with Crippen LogP contribution in [0.1, 0.15) is 68.4 Å². The van der Waals surface area contributed by atoms with Crippen LogP contribution in [0.4, 0.5) is 4.79 Å². The van der Waals surface area contributed by atoms with Gasteiger partial charge in [0, 0.05) is 11.1 Å². The largest absolute Gasteiger partial charge is 0.480 e. The van der Waals surface area contributed by atoms with Gasteiger partial charge in [0.1, 0.15) is 6.04 Å². The Labute approximate surface area is 206 Å². The van der Waals surface area contributed by atoms with Crippen LogP contribution in [-0.4, -0.2) is 68.6 Å². The van der Waals surface area contributed by atoms with Gasteiger partial charge in [-0.2, -0.15) is 0 Å². The number of nitrogens with two attached hydrogens (primary N) is 1. The third kappa shape index (κ3) is 5.69. The van der Waals surface area contributed by atoms with E-state index in [9.17, 15) is 34.2 Å². The number of nitrogens with one attached hydrogen (secondary N) is 1. The van der Waals surface area contributed by atoms with Crippen LogP contribution in [0.2, 0.25) is 0 Å². The van der Waals surface area contributed by atoms with Crippen LogP contribution in [0, 0.1) is 0 Å². The number of aromatic carboxylic acids is 2. The number of carbonyl (C=O) groups excluding carboxylic acids is 2. The van der Waals surface area contributed by atoms with Crippen molar-refractivity contribution in [2.24, 2.45) is 5.73 Å². The van der Waals surface area contributed by atoms with E-state index in [1.165, 1.54) is 18.2 Å². The molecule has 36 heavy (non-hydrogen) atoms. The fourth-order valence-electron chi connectivity index (χ4n) is 4.65. The summed E-state index contributed by atoms with van der Waals surface area (Å²) in [5.74, 6) is -3.69. The molecule has 2 heterocycles. The summed E-state index contributed by atoms with van der Waals surface area (Å²) in [7, 11) is 0. The summed E-state index contributed by atoms with van der Waals surface area (Å²) in [6, 6.07) is 9.24. The maximum Gasteiger partial charge on any atom is 0.336 e. The lowest BCUT2D eigenvalue weighted by molar-refractivity contribution is -0.139. The van der Waals surface area contributed by atoms with E-state index in [2.05, 4.69) is 5.32 Å². The third-order valence-corrected chi connectivity index (χ3v) is 6.26. The van der Waals surface area contributed by atoms with E-state index < -0.39 is 36.0 Å². The fourth-order valence-corrected chi connectivity index (χ4v) is 4.65. The molecule has 0 bridgehead atoms. The monoisotopic (exact) mass is 497 g/mol. The second kappa shape index (κ2) is 11.5. The van der Waals surface area contributed by atoms with Gasteiger partial charge in [0.25, 0.3) is 0 Å². The number of benzene rings is 2. The van der Waals surface area contributed by atoms with E-state index >= 15 is 0 Å². The summed E-state index contributed by atoms with van der Waals surface area (Å²) < 4.78 is 0. The number of nitrogens with zero attached hydrogens (tertiary/aromatic N) is 1. The number of hydrogen-bond donors (Lipinski definition) is 5. The number of carboxylic acid groups (broad SMARTS) is 3. The van der Waals surface area contributed by atoms with E-state index in [0.717, 1.165) is 24.3 Å². The molecule has 2 fully saturated rings. The van der Waals surface area contributed by atoms with Gasteiger partial charge >= 0.3 is 23.9 Å². The zero-order valence-corrected chi connectivity index (χ0v) is 19.3. The third-order valence-electron chi connectivity index (χ3n) is 6.26. The Balaban J connectivity index is 0.000000383. The van der Waals surface area contributed by atoms with E-state index in [-0.39, 0.29) is 41.4 Å². The van der Waals surface area contributed by atoms with Gasteiger partial charge in [0.2, 0.25) is 0 Å². The number of ketones is 1. The summed E-state index contributed by atoms with van der Waals surface area (Å²) in [6.07, 6.45) is 2.25. The zero-order valence-electron chi connectivity index (χ0n) is 19.3. The molecular weight excluding hydrogens is 470 g/mol. The fraction of sp³-hybridized carbons (Fsp3) is 0.320. The summed E-state index contributed by atoms with van der Waals surface area (Å²) in [5, 5.41) is 30.2. The van der Waals surface area contributed by atoms with Crippen molar-refractivity contribution in [1.82, 2.24) is 10.2 Å². The molecule has 0 aliphatic carbocycles. The van der Waals surface area contributed by atoms with Gasteiger partial charge in [-0.25, -0.2) is 14.4 Å². The van der Waals surface area contributed by atoms with Crippen LogP contribution in [0.5, 0.6) is 0 Å². The van der Waals surface area contributed by atoms with Crippen molar-refractivity contribution < 1.29 is 39.3 Å². The summed E-state index contributed by atoms with van der Waals surface area (Å²) >= 11 is 0. The molecule has 4 rings (SSSR count). The molecule has 11 nitrogen and oxygen atoms in total. The van der Waals surface area contributed by atoms with Gasteiger partial charge in [0.05, 0.1) is 23.2 Å². The Hall–Kier alpha value is -4.25. The molecule has 2 aromatic carbocycles. The number of rotatable bonds is 6. The van der Waals surface area contributed by atoms with Crippen molar-refractivity contribution in [2.45, 2.75) is 43.8 Å². The first-order valence-electron chi connectivity index (χ1n) is 11.4. The van der Waals surface area contributed by atoms with Crippen molar-refractivity contribution in [3.8, 4) is 0 Å². The summed E-state index contributed by atoms with van der Waals surface area (Å²) in [5.41, 5.74) is 5.43. The number of likely N-dealkylation sites (tertiary alicyclic amines) is 1. The van der Waals surface area contributed by atoms with Gasteiger partial charge in [0.15, 0.2) is 5.78 Å². The van der Waals surface area contributed by atoms with Crippen LogP contribution in [0.3, 0.4) is 0 Å². The summed E-state index contributed by atoms with van der Waals surface area (Å²) in [4.78, 5) is 59.7. The number of amides is 2. The molecule has 6 N–H and O–H groups in total. The number of Topliss-reactive ketones (excluding diaryl/α,β-unsaturated/α-hetero) is 1. The summed E-state index contributed by atoms with van der Waals surface area (Å²) in [6.45, 7) is 0.858. The molecule has 0 radical (unpaired) electrons. The lowest BCUT2D eigenvalue weighted by atomic mass is 9.93. The predicted molar refractivity (Wildman–Crippen MR) is 127 cm³/mol. The maximum atomic E-state index is 12.9. The number of carboxylic acids is 3. The molecule has 2 aliphatic heterocycles. The smallest absolute Gasteiger partial charge is 0.336 e. The van der Waals surface area contributed by atoms with Gasteiger partial charge in [-0.15, -0.1) is 0 Å². The molecule has 2 amide bonds. The minimum atomic E-state index is -1.32. The Morgan fingerprint density at radius 2 is 1.44 bits per heavy atom. The highest BCUT2D eigenvalue weighted by atomic mass is 16.4. The molecule has 2 saturated heterocycles. The molecule has 3 atom stereocenters. The van der Waals surface area contributed by atoms with Crippen LogP contribution in [0.25, 0.3) is 0 Å². The highest BCUT2D eigenvalue weighted by Crippen LogP contribution is 2.40. The molecule has 2 unspecified atom stereocenters. The Morgan fingerprint density at radius 1 is 0.833 bits per heavy atom. The van der Waals surface area contributed by atoms with Crippen LogP contribution >= 0.6 is 0 Å². The standard InChI is InChI=1S/C20H18N2O6.C5H9NO2/c21-20(28)22-14(9-10-15(22)17(23)11-5-2-1-3-6-11)16-12(18(24)25)7-4-8-13(16)19(26)27;7-5(8)4-2-1-3-6-4/h1-8,14-15H,9-10H2,(H2,21,28)(H,24,25)(H,26,27);4,6H,1-3H2,(H,7,8)/t;4-/m.0/s1. The number of hydrogen-bond acceptors (Lipinski definition) is 6. The van der Waals surface area contributed by atoms with E-state index in [1.807, 2.05) is 0 Å². The van der Waals surface area contributed by atoms with E-state index in [0.29, 0.717) is 5.56 Å². The molecule has 190 valence electrons. The second-order valence-corrected chi connectivity index (χ2v) is 8.45. The van der Waals surface area contributed by atoms with Crippen molar-refractivity contribution in [3.05, 3.63) is 70.8 Å². The Kier molecular flexibility index (Phi) is 8.38. The van der Waals surface area contributed by atoms with Crippen molar-refractivity contribution in [1.29, 1.82) is 0 Å². The van der Waals surface area contributed by atoms with Crippen molar-refractivity contribution in [3.63, 3.8) is 0 Å². The topological polar surface area (TPSA) is 187 Å². The maximum absolute atomic E-state index is 12.9. The Morgan fingerprint density at radius 3 is 1.89 bits per heavy atom. The average molecular weight is 498 g/mol. The van der Waals surface area contributed by atoms with Gasteiger partial charge in [-0.1, -0.05) is 36.4 Å². The number of carbonyl (C=O) groups is 5. The van der Waals surface area contributed by atoms with Crippen LogP contribution in [0.15, 0.2) is 48.5 Å². The van der Waals surface area contributed by atoms with Crippen molar-refractivity contribution in [2.75, 3.05) is 6.54 Å². The zero-order chi connectivity index (χ0) is 26.4. The molecular formula is C25H27N3O8. The highest BCUT2D eigenvalue weighted by molar-refractivity contribution is 6.02. The van der Waals surface area contributed by atoms with Crippen LogP contribution in [-0.2, 0) is 4.79 Å². The molecule has 11 heteroatoms. The molecule has 0 aromatic heterocycles. The first-order valence-corrected chi connectivity index (χ1v) is 11.4. The Bertz CT molecular complexity index is 1130. The average Bonchev–Trinajstić information content (AvgIpc) is 3.54. The lowest BCUT2D eigenvalue weighted by Crippen LogP contribution is -2.45. The molecule has 2 aromatic rings. The van der Waals surface area contributed by atoms with E-state index in [1.54, 1.807) is 30.3 Å². The molecule has 2 aliphatic rings. The first-order chi connectivity index (χ1) is 17.1. The second-order valence-electron chi connectivity index (χ2n) is 8.45. The predicted octanol–water partition coefficient (Wildman–Crippen LogP) is 2.37. The number of aliphatic carboxylic acids is 1. The van der Waals surface area contributed by atoms with E-state index in [4.69, 9.17) is 10.8 Å². The van der Waals surface area contributed by atoms with Gasteiger partial charge < -0.3 is 31.3 Å². The van der Waals surface area contributed by atoms with Gasteiger partial charge in [-0.05, 0) is 44.4 Å². The normalized spacial score (nSPS) is 20.8. The van der Waals surface area contributed by atoms with Crippen molar-refractivity contribution >= 4 is 29.7 Å². The van der Waals surface area contributed by atoms with Crippen LogP contribution < -0.4 is 11.1 Å². The number of primary amides is 1. The SMILES string of the molecule is NC(=O)N1C(C(=O)c2ccccc2)CCC1c1c(C(=O)O)cccc1C(=O)O.O=C(O)[C@@H]1CCCN1. The molecule has 0 spiro atoms. The lowest BCUT2D eigenvalue weighted by Gasteiger charge is -2.29.